The first-order chi connectivity index (χ1) is 8.22. The number of amides is 1. The number of hydrogen-bond acceptors (Lipinski definition) is 2. The lowest BCUT2D eigenvalue weighted by Gasteiger charge is -2.08. The van der Waals surface area contributed by atoms with E-state index >= 15 is 0 Å². The highest BCUT2D eigenvalue weighted by atomic mass is 35.5. The van der Waals surface area contributed by atoms with Gasteiger partial charge in [0.1, 0.15) is 0 Å². The third-order valence-corrected chi connectivity index (χ3v) is 2.07. The molecule has 0 atom stereocenters. The van der Waals surface area contributed by atoms with Crippen molar-refractivity contribution in [3.05, 3.63) is 43.2 Å². The van der Waals surface area contributed by atoms with Crippen molar-refractivity contribution in [1.29, 1.82) is 0 Å². The molecule has 0 saturated carbocycles. The van der Waals surface area contributed by atoms with Gasteiger partial charge in [0.05, 0.1) is 0 Å². The summed E-state index contributed by atoms with van der Waals surface area (Å²) in [5, 5.41) is 3.19. The number of thiocarbonyl (C=S) groups is 1. The molecule has 0 radical (unpaired) electrons. The number of pyridine rings is 1. The molecule has 0 fully saturated rings. The summed E-state index contributed by atoms with van der Waals surface area (Å²) in [7, 11) is 0. The highest BCUT2D eigenvalue weighted by Gasteiger charge is 2.07. The summed E-state index contributed by atoms with van der Waals surface area (Å²) < 4.78 is 1.76. The molecular formula is C11H15ClN4OS. The summed E-state index contributed by atoms with van der Waals surface area (Å²) in [5.74, 6) is -0.177. The molecule has 0 bridgehead atoms. The lowest BCUT2D eigenvalue weighted by atomic mass is 10.4. The van der Waals surface area contributed by atoms with Crippen LogP contribution in [0, 0.1) is 0 Å². The Bertz CT molecular complexity index is 399. The van der Waals surface area contributed by atoms with E-state index in [-0.39, 0.29) is 24.9 Å². The Balaban J connectivity index is 0.00000289. The van der Waals surface area contributed by atoms with Crippen molar-refractivity contribution in [2.75, 3.05) is 6.54 Å². The molecule has 1 aromatic heterocycles. The van der Waals surface area contributed by atoms with Gasteiger partial charge in [-0.25, -0.2) is 0 Å². The molecule has 0 saturated heterocycles. The van der Waals surface area contributed by atoms with E-state index in [1.54, 1.807) is 10.6 Å². The molecule has 1 amide bonds. The second-order valence-electron chi connectivity index (χ2n) is 3.22. The Morgan fingerprint density at radius 3 is 2.56 bits per heavy atom. The first-order valence-corrected chi connectivity index (χ1v) is 5.51. The highest BCUT2D eigenvalue weighted by molar-refractivity contribution is 7.80. The topological polar surface area (TPSA) is 57.0 Å². The first kappa shape index (κ1) is 16.3. The van der Waals surface area contributed by atoms with Crippen molar-refractivity contribution < 1.29 is 21.8 Å². The maximum atomic E-state index is 11.5. The van der Waals surface area contributed by atoms with Gasteiger partial charge in [0.15, 0.2) is 17.5 Å². The van der Waals surface area contributed by atoms with Crippen molar-refractivity contribution in [3.63, 3.8) is 0 Å². The number of carbonyl (C=O) groups is 1. The van der Waals surface area contributed by atoms with Gasteiger partial charge in [-0.1, -0.05) is 12.1 Å². The molecule has 98 valence electrons. The average Bonchev–Trinajstić information content (AvgIpc) is 2.35. The zero-order chi connectivity index (χ0) is 12.5. The molecule has 0 aliphatic rings. The predicted octanol–water partition coefficient (Wildman–Crippen LogP) is -3.34. The molecular weight excluding hydrogens is 272 g/mol. The quantitative estimate of drug-likeness (QED) is 0.234. The molecule has 1 aromatic rings. The van der Waals surface area contributed by atoms with E-state index in [1.807, 2.05) is 30.6 Å². The van der Waals surface area contributed by atoms with Gasteiger partial charge in [0.25, 0.3) is 0 Å². The van der Waals surface area contributed by atoms with Gasteiger partial charge in [0.2, 0.25) is 6.54 Å². The first-order valence-electron chi connectivity index (χ1n) is 5.10. The molecule has 0 aliphatic carbocycles. The smallest absolute Gasteiger partial charge is 0.304 e. The Hall–Kier alpha value is -1.66. The third-order valence-electron chi connectivity index (χ3n) is 1.83. The number of hydrogen-bond donors (Lipinski definition) is 3. The Labute approximate surface area is 118 Å². The van der Waals surface area contributed by atoms with E-state index in [2.05, 4.69) is 22.7 Å². The van der Waals surface area contributed by atoms with E-state index in [0.29, 0.717) is 11.7 Å². The van der Waals surface area contributed by atoms with Crippen LogP contribution in [-0.2, 0) is 11.3 Å². The molecule has 1 rings (SSSR count). The minimum Gasteiger partial charge on any atom is -1.00 e. The number of halogens is 1. The second-order valence-corrected chi connectivity index (χ2v) is 3.63. The van der Waals surface area contributed by atoms with Crippen LogP contribution >= 0.6 is 12.2 Å². The number of carbonyl (C=O) groups excluding carboxylic acids is 1. The summed E-state index contributed by atoms with van der Waals surface area (Å²) in [5.41, 5.74) is 5.09. The van der Waals surface area contributed by atoms with Gasteiger partial charge in [-0.15, -0.1) is 6.58 Å². The molecule has 1 heterocycles. The molecule has 7 heteroatoms. The lowest BCUT2D eigenvalue weighted by molar-refractivity contribution is -0.684. The van der Waals surface area contributed by atoms with Crippen LogP contribution in [0.15, 0.2) is 43.2 Å². The molecule has 0 unspecified atom stereocenters. The standard InChI is InChI=1S/C11H14N4OS.ClH/c1-2-6-12-11(17)14-13-10(16)9-15-7-4-3-5-8-15;/h2-5,7-8H,1,6,9H2,(H2-,12,13,14,16,17);1H. The SMILES string of the molecule is C=CCNC(=S)NNC(=O)C[n+]1ccccc1.[Cl-]. The molecule has 3 N–H and O–H groups in total. The Kier molecular flexibility index (Phi) is 8.51. The van der Waals surface area contributed by atoms with E-state index in [1.165, 1.54) is 0 Å². The van der Waals surface area contributed by atoms with Crippen LogP contribution in [0.25, 0.3) is 0 Å². The summed E-state index contributed by atoms with van der Waals surface area (Å²) in [6.45, 7) is 4.33. The maximum absolute atomic E-state index is 11.5. The van der Waals surface area contributed by atoms with Crippen LogP contribution in [0.5, 0.6) is 0 Å². The fraction of sp³-hybridized carbons (Fsp3) is 0.182. The summed E-state index contributed by atoms with van der Waals surface area (Å²) in [4.78, 5) is 11.5. The summed E-state index contributed by atoms with van der Waals surface area (Å²) in [6.07, 6.45) is 5.30. The van der Waals surface area contributed by atoms with Gasteiger partial charge in [-0.3, -0.25) is 15.6 Å². The zero-order valence-corrected chi connectivity index (χ0v) is 11.3. The molecule has 5 nitrogen and oxygen atoms in total. The van der Waals surface area contributed by atoms with Crippen molar-refractivity contribution in [2.24, 2.45) is 0 Å². The van der Waals surface area contributed by atoms with Crippen LogP contribution < -0.4 is 33.1 Å². The number of rotatable bonds is 4. The summed E-state index contributed by atoms with van der Waals surface area (Å²) in [6, 6.07) is 5.61. The van der Waals surface area contributed by atoms with Crippen molar-refractivity contribution in [2.45, 2.75) is 6.54 Å². The number of hydrazine groups is 1. The number of nitrogens with one attached hydrogen (secondary N) is 3. The normalized spacial score (nSPS) is 8.67. The zero-order valence-electron chi connectivity index (χ0n) is 9.73. The Morgan fingerprint density at radius 1 is 1.28 bits per heavy atom. The van der Waals surface area contributed by atoms with E-state index in [9.17, 15) is 4.79 Å². The van der Waals surface area contributed by atoms with E-state index < -0.39 is 0 Å². The van der Waals surface area contributed by atoms with Crippen molar-refractivity contribution in [1.82, 2.24) is 16.2 Å². The third kappa shape index (κ3) is 6.82. The second kappa shape index (κ2) is 9.38. The highest BCUT2D eigenvalue weighted by Crippen LogP contribution is 1.76. The van der Waals surface area contributed by atoms with Crippen LogP contribution in [0.2, 0.25) is 0 Å². The fourth-order valence-electron chi connectivity index (χ4n) is 1.08. The van der Waals surface area contributed by atoms with Crippen LogP contribution in [0.3, 0.4) is 0 Å². The van der Waals surface area contributed by atoms with E-state index in [0.717, 1.165) is 0 Å². The molecule has 0 spiro atoms. The monoisotopic (exact) mass is 286 g/mol. The van der Waals surface area contributed by atoms with Crippen molar-refractivity contribution in [3.8, 4) is 0 Å². The maximum Gasteiger partial charge on any atom is 0.304 e. The van der Waals surface area contributed by atoms with E-state index in [4.69, 9.17) is 12.2 Å². The fourth-order valence-corrected chi connectivity index (χ4v) is 1.21. The van der Waals surface area contributed by atoms with Gasteiger partial charge >= 0.3 is 5.91 Å². The lowest BCUT2D eigenvalue weighted by Crippen LogP contribution is -3.00. The van der Waals surface area contributed by atoms with Gasteiger partial charge in [-0.05, 0) is 12.2 Å². The molecule has 18 heavy (non-hydrogen) atoms. The van der Waals surface area contributed by atoms with Crippen LogP contribution in [0.1, 0.15) is 0 Å². The van der Waals surface area contributed by atoms with Crippen LogP contribution in [-0.4, -0.2) is 17.6 Å². The number of nitrogens with zero attached hydrogens (tertiary/aromatic N) is 1. The largest absolute Gasteiger partial charge is 1.00 e. The molecule has 0 aliphatic heterocycles. The number of aromatic nitrogens is 1. The minimum absolute atomic E-state index is 0. The van der Waals surface area contributed by atoms with Crippen LogP contribution in [0.4, 0.5) is 0 Å². The summed E-state index contributed by atoms with van der Waals surface area (Å²) >= 11 is 4.91. The van der Waals surface area contributed by atoms with Gasteiger partial charge in [-0.2, -0.15) is 4.57 Å². The Morgan fingerprint density at radius 2 is 1.94 bits per heavy atom. The molecule has 0 aromatic carbocycles. The predicted molar refractivity (Wildman–Crippen MR) is 68.7 cm³/mol. The average molecular weight is 287 g/mol. The van der Waals surface area contributed by atoms with Crippen molar-refractivity contribution >= 4 is 23.2 Å². The van der Waals surface area contributed by atoms with Gasteiger partial charge in [0, 0.05) is 18.7 Å². The minimum atomic E-state index is -0.177. The van der Waals surface area contributed by atoms with Gasteiger partial charge < -0.3 is 17.7 Å².